The lowest BCUT2D eigenvalue weighted by Gasteiger charge is -2.27. The van der Waals surface area contributed by atoms with E-state index in [1.54, 1.807) is 23.5 Å². The summed E-state index contributed by atoms with van der Waals surface area (Å²) in [4.78, 5) is 13.4. The molecule has 0 aromatic heterocycles. The fourth-order valence-corrected chi connectivity index (χ4v) is 4.04. The van der Waals surface area contributed by atoms with Crippen LogP contribution in [0.3, 0.4) is 0 Å². The molecule has 1 aromatic carbocycles. The predicted octanol–water partition coefficient (Wildman–Crippen LogP) is 7.39. The van der Waals surface area contributed by atoms with Crippen molar-refractivity contribution >= 4 is 29.5 Å². The third-order valence-electron chi connectivity index (χ3n) is 3.74. The van der Waals surface area contributed by atoms with E-state index in [1.807, 2.05) is 52.0 Å². The number of carbonyl (C=O) groups is 1. The lowest BCUT2D eigenvalue weighted by molar-refractivity contribution is -0.144. The lowest BCUT2D eigenvalue weighted by Crippen LogP contribution is -2.31. The highest BCUT2D eigenvalue weighted by molar-refractivity contribution is 8.00. The van der Waals surface area contributed by atoms with Gasteiger partial charge in [0.2, 0.25) is 5.72 Å². The van der Waals surface area contributed by atoms with E-state index in [9.17, 15) is 4.79 Å². The summed E-state index contributed by atoms with van der Waals surface area (Å²) in [5.74, 6) is 1.28. The van der Waals surface area contributed by atoms with Crippen LogP contribution in [0.1, 0.15) is 75.2 Å². The molecule has 0 fully saturated rings. The molecular weight excluding hydrogens is 428 g/mol. The molecule has 5 nitrogen and oxygen atoms in total. The molecule has 1 atom stereocenters. The quantitative estimate of drug-likeness (QED) is 0.147. The maximum Gasteiger partial charge on any atom is 0.306 e. The minimum Gasteiger partial charge on any atom is -0.465 e. The van der Waals surface area contributed by atoms with Crippen LogP contribution in [0.2, 0.25) is 0 Å². The summed E-state index contributed by atoms with van der Waals surface area (Å²) in [5.41, 5.74) is -1.27. The lowest BCUT2D eigenvalue weighted by atomic mass is 10.1. The Morgan fingerprint density at radius 1 is 1.00 bits per heavy atom. The topological polar surface area (TPSA) is 60.2 Å². The second-order valence-corrected chi connectivity index (χ2v) is 13.6. The van der Waals surface area contributed by atoms with Crippen LogP contribution >= 0.6 is 23.5 Å². The van der Waals surface area contributed by atoms with E-state index in [0.29, 0.717) is 24.0 Å². The van der Waals surface area contributed by atoms with Crippen LogP contribution in [0, 0.1) is 0 Å². The van der Waals surface area contributed by atoms with Crippen molar-refractivity contribution < 1.29 is 14.3 Å². The standard InChI is InChI=1S/C24H40N2O3S2/c1-18(2)30-17-16-28-21(27)14-15-24(9,26-25-22(3,4)5)29-19-10-12-20(13-11-19)31-23(6,7)8/h10-13,18H,14-17H2,1-9H3. The molecule has 0 aliphatic heterocycles. The number of hydrogen-bond acceptors (Lipinski definition) is 7. The first-order chi connectivity index (χ1) is 14.2. The molecular formula is C24H40N2O3S2. The van der Waals surface area contributed by atoms with E-state index in [4.69, 9.17) is 9.47 Å². The molecule has 7 heteroatoms. The first-order valence-corrected chi connectivity index (χ1v) is 12.7. The summed E-state index contributed by atoms with van der Waals surface area (Å²) >= 11 is 3.58. The highest BCUT2D eigenvalue weighted by Crippen LogP contribution is 2.34. The number of thioether (sulfide) groups is 2. The second kappa shape index (κ2) is 12.1. The van der Waals surface area contributed by atoms with Crippen molar-refractivity contribution in [3.8, 4) is 5.75 Å². The molecule has 1 rings (SSSR count). The van der Waals surface area contributed by atoms with Crippen molar-refractivity contribution in [2.75, 3.05) is 12.4 Å². The van der Waals surface area contributed by atoms with E-state index in [0.717, 1.165) is 5.75 Å². The van der Waals surface area contributed by atoms with Crippen LogP contribution in [0.4, 0.5) is 0 Å². The molecule has 0 saturated heterocycles. The summed E-state index contributed by atoms with van der Waals surface area (Å²) in [7, 11) is 0. The van der Waals surface area contributed by atoms with Gasteiger partial charge in [-0.2, -0.15) is 16.9 Å². The largest absolute Gasteiger partial charge is 0.465 e. The van der Waals surface area contributed by atoms with Crippen LogP contribution < -0.4 is 4.74 Å². The molecule has 1 aromatic rings. The summed E-state index contributed by atoms with van der Waals surface area (Å²) in [6.45, 7) is 19.1. The number of rotatable bonds is 11. The van der Waals surface area contributed by atoms with Crippen molar-refractivity contribution in [2.24, 2.45) is 10.2 Å². The van der Waals surface area contributed by atoms with Crippen molar-refractivity contribution in [1.29, 1.82) is 0 Å². The Hall–Kier alpha value is -1.21. The third kappa shape index (κ3) is 13.7. The van der Waals surface area contributed by atoms with Crippen molar-refractivity contribution in [2.45, 2.75) is 101 Å². The van der Waals surface area contributed by atoms with Gasteiger partial charge < -0.3 is 9.47 Å². The molecule has 0 aliphatic carbocycles. The van der Waals surface area contributed by atoms with E-state index in [2.05, 4.69) is 44.8 Å². The molecule has 31 heavy (non-hydrogen) atoms. The van der Waals surface area contributed by atoms with Gasteiger partial charge in [-0.05, 0) is 57.2 Å². The number of hydrogen-bond donors (Lipinski definition) is 0. The number of nitrogens with zero attached hydrogens (tertiary/aromatic N) is 2. The Morgan fingerprint density at radius 2 is 1.61 bits per heavy atom. The van der Waals surface area contributed by atoms with Crippen molar-refractivity contribution in [3.05, 3.63) is 24.3 Å². The normalized spacial score (nSPS) is 14.6. The molecule has 0 bridgehead atoms. The Labute approximate surface area is 197 Å². The Kier molecular flexibility index (Phi) is 10.9. The molecule has 0 aliphatic rings. The molecule has 0 spiro atoms. The highest BCUT2D eigenvalue weighted by atomic mass is 32.2. The van der Waals surface area contributed by atoms with Gasteiger partial charge in [-0.3, -0.25) is 4.79 Å². The Bertz CT molecular complexity index is 707. The average Bonchev–Trinajstić information content (AvgIpc) is 2.62. The Balaban J connectivity index is 2.79. The van der Waals surface area contributed by atoms with Gasteiger partial charge in [0.15, 0.2) is 0 Å². The number of carbonyl (C=O) groups excluding carboxylic acids is 1. The molecule has 0 N–H and O–H groups in total. The number of azo groups is 1. The van der Waals surface area contributed by atoms with E-state index >= 15 is 0 Å². The van der Waals surface area contributed by atoms with Gasteiger partial charge in [0.05, 0.1) is 12.0 Å². The van der Waals surface area contributed by atoms with Gasteiger partial charge in [-0.25, -0.2) is 0 Å². The number of esters is 1. The molecule has 0 heterocycles. The van der Waals surface area contributed by atoms with Crippen molar-refractivity contribution in [1.82, 2.24) is 0 Å². The molecule has 1 unspecified atom stereocenters. The summed E-state index contributed by atoms with van der Waals surface area (Å²) < 4.78 is 11.7. The molecule has 0 amide bonds. The maximum absolute atomic E-state index is 12.2. The van der Waals surface area contributed by atoms with Gasteiger partial charge in [0.25, 0.3) is 0 Å². The zero-order valence-electron chi connectivity index (χ0n) is 20.7. The smallest absolute Gasteiger partial charge is 0.306 e. The number of ether oxygens (including phenoxy) is 2. The van der Waals surface area contributed by atoms with E-state index in [-0.39, 0.29) is 22.7 Å². The van der Waals surface area contributed by atoms with Gasteiger partial charge in [-0.1, -0.05) is 34.6 Å². The van der Waals surface area contributed by atoms with E-state index < -0.39 is 5.72 Å². The molecule has 0 radical (unpaired) electrons. The van der Waals surface area contributed by atoms with Crippen molar-refractivity contribution in [3.63, 3.8) is 0 Å². The van der Waals surface area contributed by atoms with Gasteiger partial charge in [0.1, 0.15) is 12.4 Å². The summed E-state index contributed by atoms with van der Waals surface area (Å²) in [5, 5.41) is 9.41. The van der Waals surface area contributed by atoms with Crippen LogP contribution in [-0.2, 0) is 9.53 Å². The van der Waals surface area contributed by atoms with Gasteiger partial charge in [0, 0.05) is 21.8 Å². The van der Waals surface area contributed by atoms with Crippen LogP contribution in [0.25, 0.3) is 0 Å². The fraction of sp³-hybridized carbons (Fsp3) is 0.708. The summed E-state index contributed by atoms with van der Waals surface area (Å²) in [6, 6.07) is 7.99. The maximum atomic E-state index is 12.2. The predicted molar refractivity (Wildman–Crippen MR) is 133 cm³/mol. The average molecular weight is 469 g/mol. The monoisotopic (exact) mass is 468 g/mol. The van der Waals surface area contributed by atoms with Crippen LogP contribution in [-0.4, -0.2) is 39.6 Å². The number of benzene rings is 1. The first-order valence-electron chi connectivity index (χ1n) is 10.9. The van der Waals surface area contributed by atoms with Crippen LogP contribution in [0.15, 0.2) is 39.4 Å². The zero-order valence-corrected chi connectivity index (χ0v) is 22.3. The second-order valence-electron chi connectivity index (χ2n) is 9.97. The van der Waals surface area contributed by atoms with Gasteiger partial charge in [-0.15, -0.1) is 16.9 Å². The molecule has 0 saturated carbocycles. The minimum absolute atomic E-state index is 0.145. The van der Waals surface area contributed by atoms with E-state index in [1.165, 1.54) is 4.90 Å². The molecule has 176 valence electrons. The zero-order chi connectivity index (χ0) is 23.7. The minimum atomic E-state index is -0.947. The Morgan fingerprint density at radius 3 is 2.13 bits per heavy atom. The third-order valence-corrected chi connectivity index (χ3v) is 5.93. The summed E-state index contributed by atoms with van der Waals surface area (Å²) in [6.07, 6.45) is 0.616. The van der Waals surface area contributed by atoms with Gasteiger partial charge >= 0.3 is 5.97 Å². The highest BCUT2D eigenvalue weighted by Gasteiger charge is 2.29. The first kappa shape index (κ1) is 27.8. The SMILES string of the molecule is CC(C)SCCOC(=O)CCC(C)(N=NC(C)(C)C)Oc1ccc(SC(C)(C)C)cc1. The fourth-order valence-electron chi connectivity index (χ4n) is 2.41. The van der Waals surface area contributed by atoms with Crippen LogP contribution in [0.5, 0.6) is 5.75 Å².